The van der Waals surface area contributed by atoms with Gasteiger partial charge in [-0.15, -0.1) is 4.90 Å². The molecule has 9 rings (SSSR count). The van der Waals surface area contributed by atoms with Gasteiger partial charge in [0.1, 0.15) is 33.8 Å². The minimum atomic E-state index is -0.663. The summed E-state index contributed by atoms with van der Waals surface area (Å²) in [7, 11) is 0. The Kier molecular flexibility index (Phi) is 22.5. The Morgan fingerprint density at radius 3 is 1.62 bits per heavy atom. The molecular weight excluding hydrogens is 1320 g/mol. The Hall–Kier alpha value is -4.07. The first-order valence-corrected chi connectivity index (χ1v) is 26.5. The van der Waals surface area contributed by atoms with Crippen molar-refractivity contribution in [3.05, 3.63) is 134 Å². The van der Waals surface area contributed by atoms with Crippen molar-refractivity contribution in [1.29, 1.82) is 0 Å². The first kappa shape index (κ1) is 62.8. The fourth-order valence-electron chi connectivity index (χ4n) is 5.60. The summed E-state index contributed by atoms with van der Waals surface area (Å²) >= 11 is 51.5. The number of pyridine rings is 3. The summed E-state index contributed by atoms with van der Waals surface area (Å²) in [5.41, 5.74) is 5.82. The van der Waals surface area contributed by atoms with Gasteiger partial charge in [0.15, 0.2) is 27.2 Å². The van der Waals surface area contributed by atoms with Crippen LogP contribution in [0.3, 0.4) is 0 Å². The molecule has 0 bridgehead atoms. The summed E-state index contributed by atoms with van der Waals surface area (Å²) < 4.78 is 15.7. The molecule has 394 valence electrons. The Balaban J connectivity index is 0.000000194. The summed E-state index contributed by atoms with van der Waals surface area (Å²) in [5.74, 6) is 0.687. The predicted molar refractivity (Wildman–Crippen MR) is 303 cm³/mol. The predicted octanol–water partition coefficient (Wildman–Crippen LogP) is 9.31. The first-order valence-electron chi connectivity index (χ1n) is 20.8. The molecule has 0 spiro atoms. The second-order valence-electron chi connectivity index (χ2n) is 16.5. The quantitative estimate of drug-likeness (QED) is 0.0341. The van der Waals surface area contributed by atoms with Crippen molar-refractivity contribution in [2.45, 2.75) is 77.2 Å². The van der Waals surface area contributed by atoms with Gasteiger partial charge in [0, 0.05) is 65.6 Å². The van der Waals surface area contributed by atoms with E-state index < -0.39 is 23.4 Å². The van der Waals surface area contributed by atoms with E-state index in [2.05, 4.69) is 78.1 Å². The SMILES string of the molecule is CC(C)(C)OC(=O)Nc1cc(Sc2c[nH]c(=O)n3ccnc23)c(Cl)c(Cl)n1.CC(C)(C)OC(=O)Nc1cc([S-])c(Cl)c(Cl)n1.Nc1cc(Sc2cnc(Cl)n3ccnc23)c(Cl)c(Cl)n1.O=c1[nH]cc(I)c2nccn12.[Na+]. The van der Waals surface area contributed by atoms with Crippen LogP contribution in [0.2, 0.25) is 35.8 Å². The van der Waals surface area contributed by atoms with Crippen LogP contribution in [0.1, 0.15) is 41.5 Å². The number of carbonyl (C=O) groups is 2. The summed E-state index contributed by atoms with van der Waals surface area (Å²) in [4.78, 5) is 82.7. The maximum atomic E-state index is 12.0. The van der Waals surface area contributed by atoms with Gasteiger partial charge in [0.2, 0.25) is 5.28 Å². The van der Waals surface area contributed by atoms with Gasteiger partial charge in [-0.05, 0) is 93.9 Å². The van der Waals surface area contributed by atoms with Crippen molar-refractivity contribution in [2.24, 2.45) is 0 Å². The molecule has 0 radical (unpaired) electrons. The van der Waals surface area contributed by atoms with Crippen LogP contribution in [0.15, 0.2) is 108 Å². The molecule has 0 aliphatic carbocycles. The number of nitrogen functional groups attached to an aromatic ring is 1. The average molecular weight is 1350 g/mol. The smallest absolute Gasteiger partial charge is 0.778 e. The first-order chi connectivity index (χ1) is 35.2. The number of nitrogens with zero attached hydrogens (tertiary/aromatic N) is 10. The molecule has 0 saturated carbocycles. The molecule has 0 saturated heterocycles. The molecule has 6 N–H and O–H groups in total. The molecule has 9 heterocycles. The number of aromatic nitrogens is 12. The molecule has 0 unspecified atom stereocenters. The number of aromatic amines is 2. The summed E-state index contributed by atoms with van der Waals surface area (Å²) in [6, 6.07) is 4.65. The number of ether oxygens (including phenoxy) is 2. The summed E-state index contributed by atoms with van der Waals surface area (Å²) in [6.07, 6.45) is 13.2. The zero-order valence-electron chi connectivity index (χ0n) is 40.2. The third kappa shape index (κ3) is 17.2. The van der Waals surface area contributed by atoms with Gasteiger partial charge in [0.05, 0.1) is 28.4 Å². The van der Waals surface area contributed by atoms with Crippen molar-refractivity contribution in [3.63, 3.8) is 0 Å². The van der Waals surface area contributed by atoms with Crippen LogP contribution < -0.4 is 57.3 Å². The number of nitrogens with one attached hydrogen (secondary N) is 4. The van der Waals surface area contributed by atoms with Crippen LogP contribution in [-0.4, -0.2) is 81.4 Å². The maximum Gasteiger partial charge on any atom is 1.00 e. The second kappa shape index (κ2) is 27.2. The molecule has 0 aliphatic rings. The van der Waals surface area contributed by atoms with Crippen molar-refractivity contribution >= 4 is 187 Å². The topological polar surface area (TPSA) is 272 Å². The average Bonchev–Trinajstić information content (AvgIpc) is 4.12. The van der Waals surface area contributed by atoms with Gasteiger partial charge in [-0.25, -0.2) is 54.1 Å². The molecule has 0 aromatic carbocycles. The molecule has 21 nitrogen and oxygen atoms in total. The number of imidazole rings is 3. The molecule has 76 heavy (non-hydrogen) atoms. The molecule has 33 heteroatoms. The Bertz CT molecular complexity index is 3680. The zero-order valence-corrected chi connectivity index (χ0v) is 52.1. The number of amides is 2. The zero-order chi connectivity index (χ0) is 55.1. The number of halogens is 8. The van der Waals surface area contributed by atoms with E-state index in [1.54, 1.807) is 101 Å². The van der Waals surface area contributed by atoms with E-state index in [1.807, 2.05) is 0 Å². The van der Waals surface area contributed by atoms with E-state index in [0.29, 0.717) is 52.6 Å². The van der Waals surface area contributed by atoms with E-state index in [9.17, 15) is 19.2 Å². The van der Waals surface area contributed by atoms with Gasteiger partial charge < -0.3 is 37.8 Å². The fraction of sp³-hybridized carbons (Fsp3) is 0.186. The molecule has 0 atom stereocenters. The number of hydrogen-bond donors (Lipinski definition) is 5. The third-order valence-electron chi connectivity index (χ3n) is 8.52. The number of fused-ring (bicyclic) bond motifs is 3. The fourth-order valence-corrected chi connectivity index (χ4v) is 9.73. The number of H-pyrrole nitrogens is 2. The van der Waals surface area contributed by atoms with Crippen molar-refractivity contribution in [1.82, 2.24) is 58.1 Å². The molecule has 9 aromatic heterocycles. The van der Waals surface area contributed by atoms with Gasteiger partial charge in [0.25, 0.3) is 0 Å². The largest absolute Gasteiger partial charge is 1.00 e. The van der Waals surface area contributed by atoms with Gasteiger partial charge in [-0.1, -0.05) is 93.1 Å². The van der Waals surface area contributed by atoms with Crippen molar-refractivity contribution < 1.29 is 48.6 Å². The Morgan fingerprint density at radius 1 is 0.632 bits per heavy atom. The molecule has 0 aliphatic heterocycles. The molecule has 0 fully saturated rings. The number of hydrogen-bond acceptors (Lipinski definition) is 17. The molecule has 9 aromatic rings. The van der Waals surface area contributed by atoms with Crippen LogP contribution in [0.5, 0.6) is 0 Å². The molecular formula is C43H36Cl7IN15NaO6S3. The van der Waals surface area contributed by atoms with Crippen LogP contribution in [0.4, 0.5) is 27.0 Å². The van der Waals surface area contributed by atoms with Crippen molar-refractivity contribution in [3.8, 4) is 0 Å². The second-order valence-corrected chi connectivity index (χ2v) is 22.8. The normalized spacial score (nSPS) is 11.1. The monoisotopic (exact) mass is 1350 g/mol. The maximum absolute atomic E-state index is 12.0. The van der Waals surface area contributed by atoms with Crippen LogP contribution in [0.25, 0.3) is 16.9 Å². The van der Waals surface area contributed by atoms with E-state index in [1.165, 1.54) is 50.8 Å². The Labute approximate surface area is 515 Å². The number of carbonyl (C=O) groups excluding carboxylic acids is 2. The number of nitrogens with two attached hydrogens (primary N) is 1. The standard InChI is InChI=1S/C16H15Cl2N5O3S.C11H6Cl3N5S.C10H12Cl2N2O2S.C6H4IN3O.Na/c1-16(2,3)26-15(25)22-10-6-8(11(17)12(18)21-10)27-9-7-20-14(24)23-5-4-19-13(9)23;12-8-5(3-7(15)18-9(8)13)20-6-4-17-11(14)19-2-1-16-10(6)19;1-10(2,3)16-9(15)14-6-4-5(17)7(11)8(12)13-6;7-4-3-9-6(11)10-2-1-8-5(4)10;/h4-7H,1-3H3,(H,20,24)(H,21,22,25);1-4H,(H2,15,18);4H,1-3H3,(H2,13,14,15,17);1-3H,(H,9,11);/q;;;;+1/p-1. The van der Waals surface area contributed by atoms with Gasteiger partial charge in [-0.2, -0.15) is 0 Å². The summed E-state index contributed by atoms with van der Waals surface area (Å²) in [6.45, 7) is 10.5. The van der Waals surface area contributed by atoms with Crippen LogP contribution in [0, 0.1) is 3.57 Å². The van der Waals surface area contributed by atoms with Crippen LogP contribution >= 0.6 is 127 Å². The minimum absolute atomic E-state index is 0. The Morgan fingerprint density at radius 2 is 1.08 bits per heavy atom. The minimum Gasteiger partial charge on any atom is -0.778 e. The molecule has 2 amide bonds. The van der Waals surface area contributed by atoms with E-state index >= 15 is 0 Å². The van der Waals surface area contributed by atoms with Crippen molar-refractivity contribution in [2.75, 3.05) is 16.4 Å². The third-order valence-corrected chi connectivity index (χ3v) is 14.6. The number of rotatable bonds is 6. The van der Waals surface area contributed by atoms with E-state index in [4.69, 9.17) is 109 Å². The van der Waals surface area contributed by atoms with E-state index in [0.717, 1.165) is 8.47 Å². The van der Waals surface area contributed by atoms with Gasteiger partial charge >= 0.3 is 53.1 Å². The van der Waals surface area contributed by atoms with Gasteiger partial charge in [-0.3, -0.25) is 23.8 Å². The summed E-state index contributed by atoms with van der Waals surface area (Å²) in [5, 5.41) is 6.26. The van der Waals surface area contributed by atoms with Crippen LogP contribution in [-0.2, 0) is 22.1 Å². The number of anilines is 3. The van der Waals surface area contributed by atoms with E-state index in [-0.39, 0.29) is 78.1 Å².